The molecule has 6 aliphatic rings. The molecule has 8 rings (SSSR count). The number of carbonyl (C=O) groups is 7. The van der Waals surface area contributed by atoms with Gasteiger partial charge in [-0.15, -0.1) is 0 Å². The van der Waals surface area contributed by atoms with Gasteiger partial charge in [-0.25, -0.2) is 19.5 Å². The highest BCUT2D eigenvalue weighted by Crippen LogP contribution is 2.65. The maximum atomic E-state index is 14.5. The molecule has 0 radical (unpaired) electrons. The van der Waals surface area contributed by atoms with Gasteiger partial charge >= 0.3 is 12.1 Å². The normalized spacial score (nSPS) is 30.2. The van der Waals surface area contributed by atoms with E-state index in [1.54, 1.807) is 36.4 Å². The molecule has 0 aromatic heterocycles. The van der Waals surface area contributed by atoms with Crippen molar-refractivity contribution in [1.82, 2.24) is 16.0 Å². The Kier molecular flexibility index (Phi) is 14.4. The molecule has 0 bridgehead atoms. The first-order valence-electron chi connectivity index (χ1n) is 23.3. The van der Waals surface area contributed by atoms with E-state index in [4.69, 9.17) is 25.2 Å². The molecule has 70 heavy (non-hydrogen) atoms. The van der Waals surface area contributed by atoms with Gasteiger partial charge < -0.3 is 50.8 Å². The third-order valence-corrected chi connectivity index (χ3v) is 15.1. The zero-order valence-corrected chi connectivity index (χ0v) is 38.3. The van der Waals surface area contributed by atoms with Crippen molar-refractivity contribution >= 4 is 47.0 Å². The number of alkyl halides is 2. The van der Waals surface area contributed by atoms with Crippen LogP contribution in [-0.4, -0.2) is 112 Å². The number of anilines is 1. The van der Waals surface area contributed by atoms with Crippen molar-refractivity contribution in [3.63, 3.8) is 0 Å². The summed E-state index contributed by atoms with van der Waals surface area (Å²) in [6.07, 6.45) is 1.94. The van der Waals surface area contributed by atoms with Gasteiger partial charge in [0, 0.05) is 47.8 Å². The highest BCUT2D eigenvalue weighted by atomic mass is 19.3. The van der Waals surface area contributed by atoms with E-state index in [-0.39, 0.29) is 55.1 Å². The van der Waals surface area contributed by atoms with Crippen LogP contribution in [0.1, 0.15) is 81.3 Å². The molecule has 21 heteroatoms. The summed E-state index contributed by atoms with van der Waals surface area (Å²) in [5.41, 5.74) is -0.427. The van der Waals surface area contributed by atoms with Crippen LogP contribution in [0.4, 0.5) is 19.3 Å². The van der Waals surface area contributed by atoms with Gasteiger partial charge in [0.15, 0.2) is 23.5 Å². The van der Waals surface area contributed by atoms with E-state index >= 15 is 0 Å². The number of nitrogens with two attached hydrogens (primary N) is 1. The summed E-state index contributed by atoms with van der Waals surface area (Å²) in [5, 5.41) is 41.0. The predicted octanol–water partition coefficient (Wildman–Crippen LogP) is 2.83. The second-order valence-electron chi connectivity index (χ2n) is 19.6. The average molecular weight is 978 g/mol. The molecule has 2 unspecified atom stereocenters. The summed E-state index contributed by atoms with van der Waals surface area (Å²) in [6, 6.07) is 11.6. The lowest BCUT2D eigenvalue weighted by molar-refractivity contribution is -0.174. The quantitative estimate of drug-likeness (QED) is 0.0997. The molecule has 376 valence electrons. The average Bonchev–Trinajstić information content (AvgIpc) is 3.83. The van der Waals surface area contributed by atoms with Crippen LogP contribution in [0.25, 0.3) is 0 Å². The number of benzene rings is 2. The lowest BCUT2D eigenvalue weighted by atomic mass is 9.49. The summed E-state index contributed by atoms with van der Waals surface area (Å²) in [6.45, 7) is -0.00294. The van der Waals surface area contributed by atoms with E-state index in [0.29, 0.717) is 29.5 Å². The molecule has 4 saturated carbocycles. The SMILES string of the molecule is C[C@]12C=CC(=O)C=C1CC[C@@H]1[C@@H]2[C@@H](O)CC2[C@H]1C[C@H]1OC(c3ccc(CC4(NC(=O)OCc5ccc(NC(=O)[C@H](CCC(=O)O)NC(=O)CNC(=O)CON)cc5)CC(F)(F)C4)cc3)O[C@@]21C(=O)CO. The zero-order chi connectivity index (χ0) is 50.2. The van der Waals surface area contributed by atoms with Crippen LogP contribution in [-0.2, 0) is 60.8 Å². The zero-order valence-electron chi connectivity index (χ0n) is 38.3. The lowest BCUT2D eigenvalue weighted by Crippen LogP contribution is -2.63. The first kappa shape index (κ1) is 50.4. The Morgan fingerprint density at radius 1 is 0.971 bits per heavy atom. The topological polar surface area (TPSA) is 291 Å². The van der Waals surface area contributed by atoms with Crippen LogP contribution in [0.5, 0.6) is 0 Å². The fourth-order valence-electron chi connectivity index (χ4n) is 12.1. The molecular formula is C49H57F2N5O14. The van der Waals surface area contributed by atoms with Crippen molar-refractivity contribution in [2.24, 2.45) is 35.0 Å². The van der Waals surface area contributed by atoms with Crippen LogP contribution in [0.3, 0.4) is 0 Å². The van der Waals surface area contributed by atoms with Crippen LogP contribution < -0.4 is 27.2 Å². The maximum Gasteiger partial charge on any atom is 0.407 e. The molecule has 0 spiro atoms. The molecule has 2 aromatic carbocycles. The largest absolute Gasteiger partial charge is 0.481 e. The Morgan fingerprint density at radius 2 is 1.69 bits per heavy atom. The van der Waals surface area contributed by atoms with E-state index in [9.17, 15) is 52.6 Å². The second-order valence-corrected chi connectivity index (χ2v) is 19.6. The number of aliphatic hydroxyl groups is 2. The minimum Gasteiger partial charge on any atom is -0.481 e. The van der Waals surface area contributed by atoms with E-state index in [1.807, 2.05) is 6.08 Å². The summed E-state index contributed by atoms with van der Waals surface area (Å²) in [5.74, 6) is -2.79. The minimum atomic E-state index is -3.03. The van der Waals surface area contributed by atoms with E-state index in [1.165, 1.54) is 24.3 Å². The fourth-order valence-corrected chi connectivity index (χ4v) is 12.1. The molecule has 1 saturated heterocycles. The minimum absolute atomic E-state index is 0.0232. The first-order valence-corrected chi connectivity index (χ1v) is 23.3. The van der Waals surface area contributed by atoms with E-state index < -0.39 is 128 Å². The van der Waals surface area contributed by atoms with Crippen molar-refractivity contribution in [2.45, 2.75) is 113 Å². The number of nitrogens with one attached hydrogen (secondary N) is 4. The van der Waals surface area contributed by atoms with Crippen molar-refractivity contribution in [1.29, 1.82) is 0 Å². The summed E-state index contributed by atoms with van der Waals surface area (Å²) in [4.78, 5) is 91.4. The van der Waals surface area contributed by atoms with Gasteiger partial charge in [0.05, 0.1) is 24.3 Å². The number of ether oxygens (including phenoxy) is 3. The number of carboxylic acid groups (broad SMARTS) is 1. The molecule has 9 N–H and O–H groups in total. The number of allylic oxidation sites excluding steroid dienone is 4. The number of rotatable bonds is 18. The Bertz CT molecular complexity index is 2440. The third-order valence-electron chi connectivity index (χ3n) is 15.1. The number of fused-ring (bicyclic) bond motifs is 7. The maximum absolute atomic E-state index is 14.5. The summed E-state index contributed by atoms with van der Waals surface area (Å²) < 4.78 is 47.5. The van der Waals surface area contributed by atoms with Gasteiger partial charge in [0.1, 0.15) is 25.9 Å². The van der Waals surface area contributed by atoms with Crippen LogP contribution in [0.15, 0.2) is 72.3 Å². The molecule has 5 aliphatic carbocycles. The Hall–Kier alpha value is -5.97. The number of hydrogen-bond acceptors (Lipinski definition) is 14. The number of carboxylic acids is 1. The van der Waals surface area contributed by atoms with Gasteiger partial charge in [-0.1, -0.05) is 55.0 Å². The first-order chi connectivity index (χ1) is 33.3. The highest BCUT2D eigenvalue weighted by Gasteiger charge is 2.70. The fraction of sp³-hybridized carbons (Fsp3) is 0.531. The predicted molar refractivity (Wildman–Crippen MR) is 240 cm³/mol. The number of aliphatic hydroxyl groups excluding tert-OH is 2. The molecule has 1 heterocycles. The number of hydrogen-bond donors (Lipinski definition) is 8. The van der Waals surface area contributed by atoms with Crippen molar-refractivity contribution in [3.05, 3.63) is 89.0 Å². The number of aliphatic carboxylic acids is 1. The summed E-state index contributed by atoms with van der Waals surface area (Å²) >= 11 is 0. The van der Waals surface area contributed by atoms with Gasteiger partial charge in [-0.3, -0.25) is 33.6 Å². The standard InChI is InChI=1S/C49H57F2N5O14/c1-46-15-14-31(58)16-29(46)8-11-32-33-17-38-49(37(60)21-57,34(33)18-36(59)42(32)46)70-44(69-38)28-6-2-26(3-7-28)19-47(24-48(50,51)25-47)56-45(66)67-22-27-4-9-30(10-5-27)54-43(65)35(12-13-41(63)64)55-39(61)20-53-40(62)23-68-52/h2-7,9-10,14-16,32-36,38,42,44,57,59H,8,11-13,17-25,52H2,1H3,(H,53,62)(H,54,65)(H,55,61)(H,56,66)(H,63,64)/t32-,33-,34?,35-,36-,38+,42+,44?,46-,49+/m0/s1. The number of alkyl carbamates (subject to hydrolysis) is 1. The Labute approximate surface area is 400 Å². The van der Waals surface area contributed by atoms with Crippen molar-refractivity contribution in [2.75, 3.05) is 25.1 Å². The van der Waals surface area contributed by atoms with Gasteiger partial charge in [-0.2, -0.15) is 0 Å². The van der Waals surface area contributed by atoms with Crippen LogP contribution in [0.2, 0.25) is 0 Å². The third kappa shape index (κ3) is 10.3. The number of ketones is 2. The lowest BCUT2D eigenvalue weighted by Gasteiger charge is -2.56. The number of amides is 4. The van der Waals surface area contributed by atoms with Gasteiger partial charge in [0.2, 0.25) is 17.7 Å². The smallest absolute Gasteiger partial charge is 0.407 e. The molecule has 19 nitrogen and oxygen atoms in total. The van der Waals surface area contributed by atoms with Crippen molar-refractivity contribution in [3.8, 4) is 0 Å². The monoisotopic (exact) mass is 977 g/mol. The number of Topliss-reactive ketones (excluding diaryl/α,β-unsaturated/α-hetero) is 1. The number of halogens is 2. The number of carbonyl (C=O) groups excluding carboxylic acids is 6. The highest BCUT2D eigenvalue weighted by molar-refractivity contribution is 6.01. The molecule has 1 aliphatic heterocycles. The molecule has 10 atom stereocenters. The van der Waals surface area contributed by atoms with E-state index in [0.717, 1.165) is 12.0 Å². The molecule has 4 amide bonds. The second kappa shape index (κ2) is 20.0. The Morgan fingerprint density at radius 3 is 2.36 bits per heavy atom. The van der Waals surface area contributed by atoms with Gasteiger partial charge in [-0.05, 0) is 85.8 Å². The molecule has 5 fully saturated rings. The Balaban J connectivity index is 0.859. The van der Waals surface area contributed by atoms with Crippen LogP contribution in [0, 0.1) is 29.1 Å². The molecule has 2 aromatic rings. The van der Waals surface area contributed by atoms with Crippen LogP contribution >= 0.6 is 0 Å². The summed E-state index contributed by atoms with van der Waals surface area (Å²) in [7, 11) is 0. The van der Waals surface area contributed by atoms with Crippen molar-refractivity contribution < 1.29 is 76.7 Å². The van der Waals surface area contributed by atoms with Gasteiger partial charge in [0.25, 0.3) is 5.92 Å². The van der Waals surface area contributed by atoms with E-state index in [2.05, 4.69) is 33.0 Å². The molecular weight excluding hydrogens is 921 g/mol.